The van der Waals surface area contributed by atoms with Crippen molar-refractivity contribution >= 4 is 28.9 Å². The van der Waals surface area contributed by atoms with Crippen LogP contribution in [0, 0.1) is 0 Å². The Hall–Kier alpha value is -2.20. The molecule has 1 aliphatic rings. The van der Waals surface area contributed by atoms with Crippen molar-refractivity contribution in [3.05, 3.63) is 53.1 Å². The average Bonchev–Trinajstić information content (AvgIpc) is 3.10. The molecule has 0 unspecified atom stereocenters. The van der Waals surface area contributed by atoms with Crippen LogP contribution < -0.4 is 15.0 Å². The Morgan fingerprint density at radius 2 is 1.83 bits per heavy atom. The molecule has 1 amide bonds. The summed E-state index contributed by atoms with van der Waals surface area (Å²) < 4.78 is 5.22. The summed E-state index contributed by atoms with van der Waals surface area (Å²) in [5.74, 6) is 0.263. The standard InChI is InChI=1S/C18H19ClN2O2/c1-23-17-9-4-13(19)12-16(17)18(22)20-14-5-7-15(8-6-14)21-10-2-3-11-21/h4-9,12H,2-3,10-11H2,1H3,(H,20,22). The van der Waals surface area contributed by atoms with Crippen molar-refractivity contribution in [2.45, 2.75) is 12.8 Å². The highest BCUT2D eigenvalue weighted by atomic mass is 35.5. The van der Waals surface area contributed by atoms with E-state index in [0.717, 1.165) is 18.8 Å². The summed E-state index contributed by atoms with van der Waals surface area (Å²) in [5.41, 5.74) is 2.37. The van der Waals surface area contributed by atoms with Gasteiger partial charge in [0.1, 0.15) is 5.75 Å². The average molecular weight is 331 g/mol. The first kappa shape index (κ1) is 15.7. The van der Waals surface area contributed by atoms with Gasteiger partial charge >= 0.3 is 0 Å². The molecule has 120 valence electrons. The van der Waals surface area contributed by atoms with E-state index in [4.69, 9.17) is 16.3 Å². The molecule has 0 bridgehead atoms. The van der Waals surface area contributed by atoms with Crippen LogP contribution in [0.2, 0.25) is 5.02 Å². The summed E-state index contributed by atoms with van der Waals surface area (Å²) in [4.78, 5) is 14.8. The second-order valence-electron chi connectivity index (χ2n) is 5.54. The molecule has 0 radical (unpaired) electrons. The number of hydrogen-bond acceptors (Lipinski definition) is 3. The monoisotopic (exact) mass is 330 g/mol. The van der Waals surface area contributed by atoms with Crippen LogP contribution in [-0.2, 0) is 0 Å². The molecule has 1 heterocycles. The Morgan fingerprint density at radius 3 is 2.48 bits per heavy atom. The normalized spacial score (nSPS) is 13.9. The number of carbonyl (C=O) groups excluding carboxylic acids is 1. The van der Waals surface area contributed by atoms with Crippen LogP contribution in [-0.4, -0.2) is 26.1 Å². The Balaban J connectivity index is 1.74. The zero-order valence-corrected chi connectivity index (χ0v) is 13.8. The van der Waals surface area contributed by atoms with Gasteiger partial charge in [0.05, 0.1) is 12.7 Å². The second kappa shape index (κ2) is 6.92. The second-order valence-corrected chi connectivity index (χ2v) is 5.98. The number of nitrogens with zero attached hydrogens (tertiary/aromatic N) is 1. The van der Waals surface area contributed by atoms with Crippen molar-refractivity contribution in [3.63, 3.8) is 0 Å². The van der Waals surface area contributed by atoms with Gasteiger partial charge in [-0.2, -0.15) is 0 Å². The Labute approximate surface area is 141 Å². The number of benzene rings is 2. The van der Waals surface area contributed by atoms with Gasteiger partial charge in [-0.1, -0.05) is 11.6 Å². The van der Waals surface area contributed by atoms with Gasteiger partial charge in [-0.3, -0.25) is 4.79 Å². The van der Waals surface area contributed by atoms with Crippen LogP contribution in [0.5, 0.6) is 5.75 Å². The van der Waals surface area contributed by atoms with Crippen molar-refractivity contribution in [3.8, 4) is 5.75 Å². The minimum atomic E-state index is -0.238. The number of halogens is 1. The fourth-order valence-electron chi connectivity index (χ4n) is 2.79. The largest absolute Gasteiger partial charge is 0.496 e. The zero-order valence-electron chi connectivity index (χ0n) is 13.0. The topological polar surface area (TPSA) is 41.6 Å². The smallest absolute Gasteiger partial charge is 0.259 e. The van der Waals surface area contributed by atoms with E-state index in [-0.39, 0.29) is 5.91 Å². The molecule has 5 heteroatoms. The number of nitrogens with one attached hydrogen (secondary N) is 1. The maximum Gasteiger partial charge on any atom is 0.259 e. The highest BCUT2D eigenvalue weighted by Gasteiger charge is 2.14. The maximum atomic E-state index is 12.4. The van der Waals surface area contributed by atoms with E-state index in [0.29, 0.717) is 16.3 Å². The minimum absolute atomic E-state index is 0.238. The maximum absolute atomic E-state index is 12.4. The summed E-state index contributed by atoms with van der Waals surface area (Å²) >= 11 is 5.97. The number of rotatable bonds is 4. The molecule has 1 aliphatic heterocycles. The van der Waals surface area contributed by atoms with Crippen molar-refractivity contribution < 1.29 is 9.53 Å². The predicted octanol–water partition coefficient (Wildman–Crippen LogP) is 4.20. The summed E-state index contributed by atoms with van der Waals surface area (Å²) in [5, 5.41) is 3.38. The van der Waals surface area contributed by atoms with Gasteiger partial charge in [0.2, 0.25) is 0 Å². The predicted molar refractivity (Wildman–Crippen MR) is 93.8 cm³/mol. The first-order valence-electron chi connectivity index (χ1n) is 7.67. The van der Waals surface area contributed by atoms with Crippen molar-refractivity contribution in [1.29, 1.82) is 0 Å². The number of amides is 1. The molecule has 3 rings (SSSR count). The SMILES string of the molecule is COc1ccc(Cl)cc1C(=O)Nc1ccc(N2CCCC2)cc1. The zero-order chi connectivity index (χ0) is 16.2. The van der Waals surface area contributed by atoms with Gasteiger partial charge in [0.25, 0.3) is 5.91 Å². The number of ether oxygens (including phenoxy) is 1. The van der Waals surface area contributed by atoms with E-state index < -0.39 is 0 Å². The van der Waals surface area contributed by atoms with E-state index >= 15 is 0 Å². The first-order chi connectivity index (χ1) is 11.2. The van der Waals surface area contributed by atoms with Crippen LogP contribution in [0.1, 0.15) is 23.2 Å². The summed E-state index contributed by atoms with van der Waals surface area (Å²) in [6.07, 6.45) is 2.49. The number of carbonyl (C=O) groups is 1. The van der Waals surface area contributed by atoms with Gasteiger partial charge in [-0.25, -0.2) is 0 Å². The van der Waals surface area contributed by atoms with E-state index in [1.807, 2.05) is 24.3 Å². The molecule has 2 aromatic carbocycles. The molecule has 2 aromatic rings. The fraction of sp³-hybridized carbons (Fsp3) is 0.278. The van der Waals surface area contributed by atoms with E-state index in [9.17, 15) is 4.79 Å². The summed E-state index contributed by atoms with van der Waals surface area (Å²) in [6.45, 7) is 2.21. The molecule has 1 saturated heterocycles. The van der Waals surface area contributed by atoms with E-state index in [2.05, 4.69) is 10.2 Å². The molecular formula is C18H19ClN2O2. The van der Waals surface area contributed by atoms with Crippen LogP contribution >= 0.6 is 11.6 Å². The molecule has 0 atom stereocenters. The van der Waals surface area contributed by atoms with Crippen molar-refractivity contribution in [1.82, 2.24) is 0 Å². The molecular weight excluding hydrogens is 312 g/mol. The number of methoxy groups -OCH3 is 1. The van der Waals surface area contributed by atoms with Crippen molar-refractivity contribution in [2.24, 2.45) is 0 Å². The van der Waals surface area contributed by atoms with Gasteiger partial charge in [0, 0.05) is 29.5 Å². The Bertz CT molecular complexity index is 695. The van der Waals surface area contributed by atoms with E-state index in [1.54, 1.807) is 18.2 Å². The lowest BCUT2D eigenvalue weighted by Crippen LogP contribution is -2.17. The molecule has 4 nitrogen and oxygen atoms in total. The van der Waals surface area contributed by atoms with Gasteiger partial charge < -0.3 is 15.0 Å². The summed E-state index contributed by atoms with van der Waals surface area (Å²) in [7, 11) is 1.53. The molecule has 1 N–H and O–H groups in total. The molecule has 0 saturated carbocycles. The number of anilines is 2. The molecule has 0 aromatic heterocycles. The molecule has 23 heavy (non-hydrogen) atoms. The molecule has 0 spiro atoms. The first-order valence-corrected chi connectivity index (χ1v) is 8.05. The Morgan fingerprint density at radius 1 is 1.13 bits per heavy atom. The molecule has 1 fully saturated rings. The highest BCUT2D eigenvalue weighted by Crippen LogP contribution is 2.25. The van der Waals surface area contributed by atoms with Crippen LogP contribution in [0.15, 0.2) is 42.5 Å². The third kappa shape index (κ3) is 3.59. The van der Waals surface area contributed by atoms with E-state index in [1.165, 1.54) is 25.6 Å². The molecule has 0 aliphatic carbocycles. The highest BCUT2D eigenvalue weighted by molar-refractivity contribution is 6.31. The van der Waals surface area contributed by atoms with Crippen molar-refractivity contribution in [2.75, 3.05) is 30.4 Å². The third-order valence-electron chi connectivity index (χ3n) is 4.00. The lowest BCUT2D eigenvalue weighted by molar-refractivity contribution is 0.102. The summed E-state index contributed by atoms with van der Waals surface area (Å²) in [6, 6.07) is 12.9. The minimum Gasteiger partial charge on any atom is -0.496 e. The fourth-order valence-corrected chi connectivity index (χ4v) is 2.96. The van der Waals surface area contributed by atoms with Crippen LogP contribution in [0.3, 0.4) is 0 Å². The van der Waals surface area contributed by atoms with Gasteiger partial charge in [-0.05, 0) is 55.3 Å². The lowest BCUT2D eigenvalue weighted by atomic mass is 10.1. The Kier molecular flexibility index (Phi) is 4.72. The third-order valence-corrected chi connectivity index (χ3v) is 4.24. The number of hydrogen-bond donors (Lipinski definition) is 1. The van der Waals surface area contributed by atoms with Gasteiger partial charge in [0.15, 0.2) is 0 Å². The van der Waals surface area contributed by atoms with Crippen LogP contribution in [0.25, 0.3) is 0 Å². The van der Waals surface area contributed by atoms with Crippen LogP contribution in [0.4, 0.5) is 11.4 Å². The van der Waals surface area contributed by atoms with Gasteiger partial charge in [-0.15, -0.1) is 0 Å². The quantitative estimate of drug-likeness (QED) is 0.913. The lowest BCUT2D eigenvalue weighted by Gasteiger charge is -2.18.